The van der Waals surface area contributed by atoms with Gasteiger partial charge >= 0.3 is 6.18 Å². The van der Waals surface area contributed by atoms with Crippen LogP contribution in [-0.2, 0) is 9.53 Å². The second kappa shape index (κ2) is 7.57. The molecule has 2 aliphatic rings. The van der Waals surface area contributed by atoms with Crippen LogP contribution in [0, 0.1) is 0 Å². The van der Waals surface area contributed by atoms with Crippen LogP contribution in [0.1, 0.15) is 48.2 Å². The summed E-state index contributed by atoms with van der Waals surface area (Å²) in [7, 11) is 1.49. The Bertz CT molecular complexity index is 761. The van der Waals surface area contributed by atoms with Crippen LogP contribution in [0.5, 0.6) is 5.75 Å². The lowest BCUT2D eigenvalue weighted by atomic mass is 9.92. The highest BCUT2D eigenvalue weighted by molar-refractivity contribution is 5.94. The first-order valence-corrected chi connectivity index (χ1v) is 8.98. The van der Waals surface area contributed by atoms with Gasteiger partial charge in [-0.2, -0.15) is 13.2 Å². The number of aromatic nitrogens is 1. The van der Waals surface area contributed by atoms with E-state index in [-0.39, 0.29) is 42.9 Å². The van der Waals surface area contributed by atoms with Crippen molar-refractivity contribution in [2.75, 3.05) is 20.3 Å². The molecule has 0 spiro atoms. The second-order valence-corrected chi connectivity index (χ2v) is 7.26. The van der Waals surface area contributed by atoms with Crippen molar-refractivity contribution in [1.82, 2.24) is 15.6 Å². The summed E-state index contributed by atoms with van der Waals surface area (Å²) in [4.78, 5) is 28.4. The number of nitrogens with zero attached hydrogens (tertiary/aromatic N) is 1. The summed E-state index contributed by atoms with van der Waals surface area (Å²) in [6, 6.07) is 1.23. The van der Waals surface area contributed by atoms with E-state index in [0.29, 0.717) is 5.56 Å². The summed E-state index contributed by atoms with van der Waals surface area (Å²) in [5.41, 5.74) is -0.356. The average Bonchev–Trinajstić information content (AvgIpc) is 3.43. The number of nitrogens with one attached hydrogen (secondary N) is 2. The van der Waals surface area contributed by atoms with Gasteiger partial charge in [-0.15, -0.1) is 0 Å². The first-order chi connectivity index (χ1) is 13.1. The predicted molar refractivity (Wildman–Crippen MR) is 92.1 cm³/mol. The summed E-state index contributed by atoms with van der Waals surface area (Å²) >= 11 is 0. The second-order valence-electron chi connectivity index (χ2n) is 7.26. The van der Waals surface area contributed by atoms with Crippen molar-refractivity contribution in [2.45, 2.75) is 49.9 Å². The van der Waals surface area contributed by atoms with E-state index < -0.39 is 23.7 Å². The molecule has 2 fully saturated rings. The molecule has 1 aliphatic carbocycles. The standard InChI is InChI=1S/C18H22F3N3O4/c1-10(18(19,20)21)28-14-5-13(23-7-12(14)11-3-4-11)16(26)24-17(8-27-9-17)6-15(25)22-2/h5,7,10-11H,3-4,6,8-9H2,1-2H3,(H,22,25)(H,24,26). The number of rotatable bonds is 7. The number of alkyl halides is 3. The fraction of sp³-hybridized carbons (Fsp3) is 0.611. The maximum absolute atomic E-state index is 12.9. The molecule has 1 unspecified atom stereocenters. The molecule has 0 aromatic carbocycles. The number of hydrogen-bond acceptors (Lipinski definition) is 5. The summed E-state index contributed by atoms with van der Waals surface area (Å²) in [6.07, 6.45) is -3.42. The quantitative estimate of drug-likeness (QED) is 0.729. The van der Waals surface area contributed by atoms with Gasteiger partial charge in [0.15, 0.2) is 6.10 Å². The Labute approximate surface area is 160 Å². The lowest BCUT2D eigenvalue weighted by Gasteiger charge is -2.41. The molecule has 1 aliphatic heterocycles. The van der Waals surface area contributed by atoms with Gasteiger partial charge in [0.1, 0.15) is 11.4 Å². The minimum atomic E-state index is -4.52. The molecular weight excluding hydrogens is 379 g/mol. The number of carbonyl (C=O) groups is 2. The highest BCUT2D eigenvalue weighted by Gasteiger charge is 2.43. The van der Waals surface area contributed by atoms with Crippen LogP contribution in [0.25, 0.3) is 0 Å². The number of amides is 2. The van der Waals surface area contributed by atoms with E-state index in [1.807, 2.05) is 0 Å². The SMILES string of the molecule is CNC(=O)CC1(NC(=O)c2cc(OC(C)C(F)(F)F)c(C3CC3)cn2)COC1. The summed E-state index contributed by atoms with van der Waals surface area (Å²) in [6.45, 7) is 1.25. The van der Waals surface area contributed by atoms with Crippen molar-refractivity contribution in [3.05, 3.63) is 23.5 Å². The predicted octanol–water partition coefficient (Wildman–Crippen LogP) is 1.92. The molecule has 1 saturated heterocycles. The van der Waals surface area contributed by atoms with E-state index in [0.717, 1.165) is 19.8 Å². The van der Waals surface area contributed by atoms with Crippen LogP contribution in [0.3, 0.4) is 0 Å². The molecule has 3 rings (SSSR count). The van der Waals surface area contributed by atoms with E-state index in [1.54, 1.807) is 0 Å². The number of carbonyl (C=O) groups excluding carboxylic acids is 2. The zero-order valence-electron chi connectivity index (χ0n) is 15.6. The molecule has 7 nitrogen and oxygen atoms in total. The Hall–Kier alpha value is -2.36. The zero-order valence-corrected chi connectivity index (χ0v) is 15.6. The third-order valence-electron chi connectivity index (χ3n) is 4.82. The molecule has 154 valence electrons. The maximum atomic E-state index is 12.9. The Morgan fingerprint density at radius 3 is 2.57 bits per heavy atom. The van der Waals surface area contributed by atoms with E-state index in [1.165, 1.54) is 19.3 Å². The fourth-order valence-corrected chi connectivity index (χ4v) is 2.90. The van der Waals surface area contributed by atoms with Gasteiger partial charge in [0.25, 0.3) is 5.91 Å². The first kappa shape index (κ1) is 20.4. The highest BCUT2D eigenvalue weighted by Crippen LogP contribution is 2.44. The van der Waals surface area contributed by atoms with Gasteiger partial charge in [-0.05, 0) is 25.7 Å². The minimum Gasteiger partial charge on any atom is -0.481 e. The topological polar surface area (TPSA) is 89.6 Å². The number of ether oxygens (including phenoxy) is 2. The maximum Gasteiger partial charge on any atom is 0.425 e. The smallest absolute Gasteiger partial charge is 0.425 e. The Kier molecular flexibility index (Phi) is 5.51. The van der Waals surface area contributed by atoms with Crippen molar-refractivity contribution >= 4 is 11.8 Å². The molecular formula is C18H22F3N3O4. The number of hydrogen-bond donors (Lipinski definition) is 2. The van der Waals surface area contributed by atoms with Gasteiger partial charge in [0.2, 0.25) is 5.91 Å². The van der Waals surface area contributed by atoms with Crippen molar-refractivity contribution < 1.29 is 32.2 Å². The van der Waals surface area contributed by atoms with Crippen LogP contribution in [0.4, 0.5) is 13.2 Å². The van der Waals surface area contributed by atoms with E-state index in [9.17, 15) is 22.8 Å². The summed E-state index contributed by atoms with van der Waals surface area (Å²) in [5.74, 6) is -0.750. The van der Waals surface area contributed by atoms with E-state index in [2.05, 4.69) is 15.6 Å². The monoisotopic (exact) mass is 401 g/mol. The molecule has 1 atom stereocenters. The third-order valence-corrected chi connectivity index (χ3v) is 4.82. The van der Waals surface area contributed by atoms with Gasteiger partial charge < -0.3 is 20.1 Å². The van der Waals surface area contributed by atoms with E-state index in [4.69, 9.17) is 9.47 Å². The first-order valence-electron chi connectivity index (χ1n) is 8.98. The molecule has 28 heavy (non-hydrogen) atoms. The van der Waals surface area contributed by atoms with Crippen LogP contribution in [0.15, 0.2) is 12.3 Å². The molecule has 1 saturated carbocycles. The Morgan fingerprint density at radius 1 is 1.39 bits per heavy atom. The largest absolute Gasteiger partial charge is 0.481 e. The van der Waals surface area contributed by atoms with Crippen molar-refractivity contribution in [1.29, 1.82) is 0 Å². The molecule has 1 aromatic heterocycles. The number of pyridine rings is 1. The Balaban J connectivity index is 1.78. The molecule has 0 bridgehead atoms. The molecule has 2 heterocycles. The van der Waals surface area contributed by atoms with Crippen molar-refractivity contribution in [2.24, 2.45) is 0 Å². The molecule has 2 N–H and O–H groups in total. The Morgan fingerprint density at radius 2 is 2.07 bits per heavy atom. The number of halogens is 3. The van der Waals surface area contributed by atoms with Gasteiger partial charge in [0.05, 0.1) is 25.2 Å². The summed E-state index contributed by atoms with van der Waals surface area (Å²) in [5, 5.41) is 5.21. The van der Waals surface area contributed by atoms with Crippen LogP contribution >= 0.6 is 0 Å². The van der Waals surface area contributed by atoms with Gasteiger partial charge in [-0.3, -0.25) is 14.6 Å². The molecule has 10 heteroatoms. The van der Waals surface area contributed by atoms with Crippen LogP contribution < -0.4 is 15.4 Å². The van der Waals surface area contributed by atoms with Crippen molar-refractivity contribution in [3.8, 4) is 5.75 Å². The van der Waals surface area contributed by atoms with Gasteiger partial charge in [0, 0.05) is 24.9 Å². The molecule has 0 radical (unpaired) electrons. The van der Waals surface area contributed by atoms with Gasteiger partial charge in [-0.1, -0.05) is 0 Å². The molecule has 1 aromatic rings. The van der Waals surface area contributed by atoms with Crippen LogP contribution in [-0.4, -0.2) is 54.9 Å². The van der Waals surface area contributed by atoms with Crippen molar-refractivity contribution in [3.63, 3.8) is 0 Å². The zero-order chi connectivity index (χ0) is 20.5. The fourth-order valence-electron chi connectivity index (χ4n) is 2.90. The minimum absolute atomic E-state index is 0.0117. The molecule has 2 amide bonds. The third kappa shape index (κ3) is 4.54. The lowest BCUT2D eigenvalue weighted by molar-refractivity contribution is -0.189. The summed E-state index contributed by atoms with van der Waals surface area (Å²) < 4.78 is 49.0. The highest BCUT2D eigenvalue weighted by atomic mass is 19.4. The lowest BCUT2D eigenvalue weighted by Crippen LogP contribution is -2.63. The average molecular weight is 401 g/mol. The van der Waals surface area contributed by atoms with E-state index >= 15 is 0 Å². The van der Waals surface area contributed by atoms with Crippen LogP contribution in [0.2, 0.25) is 0 Å². The normalized spacial score (nSPS) is 19.3. The van der Waals surface area contributed by atoms with Gasteiger partial charge in [-0.25, -0.2) is 0 Å².